The Hall–Kier alpha value is -0.870. The van der Waals surface area contributed by atoms with Crippen molar-refractivity contribution in [2.45, 2.75) is 32.2 Å². The van der Waals surface area contributed by atoms with Crippen molar-refractivity contribution < 1.29 is 4.74 Å². The van der Waals surface area contributed by atoms with E-state index in [-0.39, 0.29) is 0 Å². The van der Waals surface area contributed by atoms with Crippen molar-refractivity contribution in [3.8, 4) is 0 Å². The molecule has 1 atom stereocenters. The minimum absolute atomic E-state index is 0.420. The molecular weight excluding hydrogens is 202 g/mol. The fourth-order valence-corrected chi connectivity index (χ4v) is 1.62. The predicted molar refractivity (Wildman–Crippen MR) is 65.5 cm³/mol. The molecule has 0 fully saturated rings. The molecule has 0 spiro atoms. The van der Waals surface area contributed by atoms with Crippen molar-refractivity contribution in [3.63, 3.8) is 0 Å². The van der Waals surface area contributed by atoms with Crippen LogP contribution in [0.25, 0.3) is 0 Å². The van der Waals surface area contributed by atoms with E-state index in [4.69, 9.17) is 4.74 Å². The van der Waals surface area contributed by atoms with Crippen LogP contribution < -0.4 is 5.32 Å². The molecule has 1 N–H and O–H groups in total. The maximum absolute atomic E-state index is 5.55. The number of likely N-dealkylation sites (N-methyl/N-ethyl adjacent to an activating group) is 1. The average molecular weight is 225 g/mol. The first-order valence-corrected chi connectivity index (χ1v) is 5.99. The van der Waals surface area contributed by atoms with E-state index in [1.807, 2.05) is 26.5 Å². The van der Waals surface area contributed by atoms with Crippen LogP contribution in [0.1, 0.15) is 25.6 Å². The van der Waals surface area contributed by atoms with E-state index in [1.54, 1.807) is 0 Å². The summed E-state index contributed by atoms with van der Waals surface area (Å²) in [6.45, 7) is 3.76. The summed E-state index contributed by atoms with van der Waals surface area (Å²) in [6, 6.07) is 0.420. The summed E-state index contributed by atoms with van der Waals surface area (Å²) in [4.78, 5) is 4.31. The summed E-state index contributed by atoms with van der Waals surface area (Å²) in [5, 5.41) is 3.28. The van der Waals surface area contributed by atoms with Crippen molar-refractivity contribution in [2.75, 3.05) is 20.3 Å². The van der Waals surface area contributed by atoms with E-state index in [0.29, 0.717) is 6.04 Å². The zero-order chi connectivity index (χ0) is 11.8. The van der Waals surface area contributed by atoms with E-state index < -0.39 is 0 Å². The molecule has 0 aliphatic carbocycles. The van der Waals surface area contributed by atoms with Gasteiger partial charge in [-0.3, -0.25) is 0 Å². The van der Waals surface area contributed by atoms with Gasteiger partial charge in [0.1, 0.15) is 5.82 Å². The van der Waals surface area contributed by atoms with Gasteiger partial charge in [-0.15, -0.1) is 0 Å². The minimum atomic E-state index is 0.420. The van der Waals surface area contributed by atoms with Crippen molar-refractivity contribution in [1.82, 2.24) is 14.9 Å². The molecule has 0 aliphatic rings. The van der Waals surface area contributed by atoms with E-state index in [9.17, 15) is 0 Å². The SMILES string of the molecule is CCCOCC(CCc1nccn1C)NC. The normalized spacial score (nSPS) is 12.9. The number of imidazole rings is 1. The Morgan fingerprint density at radius 3 is 2.94 bits per heavy atom. The van der Waals surface area contributed by atoms with Gasteiger partial charge < -0.3 is 14.6 Å². The third kappa shape index (κ3) is 4.33. The second-order valence-electron chi connectivity index (χ2n) is 4.05. The lowest BCUT2D eigenvalue weighted by molar-refractivity contribution is 0.111. The summed E-state index contributed by atoms with van der Waals surface area (Å²) in [6.07, 6.45) is 6.96. The van der Waals surface area contributed by atoms with Gasteiger partial charge in [-0.1, -0.05) is 6.92 Å². The number of hydrogen-bond donors (Lipinski definition) is 1. The molecule has 1 aromatic heterocycles. The van der Waals surface area contributed by atoms with Crippen LogP contribution >= 0.6 is 0 Å². The van der Waals surface area contributed by atoms with Crippen LogP contribution in [0.2, 0.25) is 0 Å². The highest BCUT2D eigenvalue weighted by atomic mass is 16.5. The van der Waals surface area contributed by atoms with Crippen molar-refractivity contribution in [3.05, 3.63) is 18.2 Å². The maximum atomic E-state index is 5.55. The van der Waals surface area contributed by atoms with Crippen molar-refractivity contribution in [1.29, 1.82) is 0 Å². The predicted octanol–water partition coefficient (Wildman–Crippen LogP) is 1.37. The molecule has 0 bridgehead atoms. The number of nitrogens with zero attached hydrogens (tertiary/aromatic N) is 2. The molecular formula is C12H23N3O. The molecule has 1 heterocycles. The Labute approximate surface area is 98.0 Å². The van der Waals surface area contributed by atoms with Gasteiger partial charge in [0.2, 0.25) is 0 Å². The highest BCUT2D eigenvalue weighted by molar-refractivity contribution is 4.91. The zero-order valence-corrected chi connectivity index (χ0v) is 10.6. The summed E-state index contributed by atoms with van der Waals surface area (Å²) >= 11 is 0. The monoisotopic (exact) mass is 225 g/mol. The molecule has 4 nitrogen and oxygen atoms in total. The highest BCUT2D eigenvalue weighted by Crippen LogP contribution is 2.03. The van der Waals surface area contributed by atoms with Gasteiger partial charge in [0.25, 0.3) is 0 Å². The minimum Gasteiger partial charge on any atom is -0.380 e. The second-order valence-corrected chi connectivity index (χ2v) is 4.05. The van der Waals surface area contributed by atoms with Gasteiger partial charge in [-0.05, 0) is 19.9 Å². The lowest BCUT2D eigenvalue weighted by Gasteiger charge is -2.15. The molecule has 92 valence electrons. The molecule has 0 amide bonds. The number of aryl methyl sites for hydroxylation is 2. The molecule has 0 aromatic carbocycles. The summed E-state index contributed by atoms with van der Waals surface area (Å²) in [5.41, 5.74) is 0. The van der Waals surface area contributed by atoms with Gasteiger partial charge in [0.15, 0.2) is 0 Å². The Morgan fingerprint density at radius 1 is 1.56 bits per heavy atom. The third-order valence-electron chi connectivity index (χ3n) is 2.71. The number of nitrogens with one attached hydrogen (secondary N) is 1. The topological polar surface area (TPSA) is 39.1 Å². The van der Waals surface area contributed by atoms with Crippen LogP contribution in [0.4, 0.5) is 0 Å². The Morgan fingerprint density at radius 2 is 2.38 bits per heavy atom. The lowest BCUT2D eigenvalue weighted by Crippen LogP contribution is -2.31. The number of aromatic nitrogens is 2. The lowest BCUT2D eigenvalue weighted by atomic mass is 10.1. The second kappa shape index (κ2) is 7.41. The van der Waals surface area contributed by atoms with Crippen LogP contribution in [0, 0.1) is 0 Å². The fourth-order valence-electron chi connectivity index (χ4n) is 1.62. The quantitative estimate of drug-likeness (QED) is 0.679. The van der Waals surface area contributed by atoms with Crippen LogP contribution in [0.5, 0.6) is 0 Å². The van der Waals surface area contributed by atoms with E-state index in [1.165, 1.54) is 0 Å². The average Bonchev–Trinajstić information content (AvgIpc) is 2.69. The largest absolute Gasteiger partial charge is 0.380 e. The van der Waals surface area contributed by atoms with Crippen molar-refractivity contribution >= 4 is 0 Å². The Bertz CT molecular complexity index is 286. The molecule has 16 heavy (non-hydrogen) atoms. The van der Waals surface area contributed by atoms with Gasteiger partial charge in [-0.2, -0.15) is 0 Å². The molecule has 1 rings (SSSR count). The standard InChI is InChI=1S/C12H23N3O/c1-4-9-16-10-11(13-2)5-6-12-14-7-8-15(12)3/h7-8,11,13H,4-6,9-10H2,1-3H3. The number of rotatable bonds is 8. The van der Waals surface area contributed by atoms with E-state index >= 15 is 0 Å². The van der Waals surface area contributed by atoms with Crippen LogP contribution in [0.15, 0.2) is 12.4 Å². The molecule has 4 heteroatoms. The Balaban J connectivity index is 2.26. The Kier molecular flexibility index (Phi) is 6.11. The number of ether oxygens (including phenoxy) is 1. The molecule has 0 saturated carbocycles. The van der Waals surface area contributed by atoms with E-state index in [0.717, 1.165) is 38.3 Å². The number of hydrogen-bond acceptors (Lipinski definition) is 3. The summed E-state index contributed by atoms with van der Waals surface area (Å²) in [5.74, 6) is 1.13. The van der Waals surface area contributed by atoms with Crippen LogP contribution in [-0.4, -0.2) is 35.9 Å². The highest BCUT2D eigenvalue weighted by Gasteiger charge is 2.08. The molecule has 0 aliphatic heterocycles. The molecule has 0 radical (unpaired) electrons. The van der Waals surface area contributed by atoms with E-state index in [2.05, 4.69) is 21.8 Å². The maximum Gasteiger partial charge on any atom is 0.108 e. The van der Waals surface area contributed by atoms with Gasteiger partial charge in [0.05, 0.1) is 6.61 Å². The summed E-state index contributed by atoms with van der Waals surface area (Å²) in [7, 11) is 4.02. The first kappa shape index (κ1) is 13.2. The zero-order valence-electron chi connectivity index (χ0n) is 10.6. The van der Waals surface area contributed by atoms with Gasteiger partial charge >= 0.3 is 0 Å². The third-order valence-corrected chi connectivity index (χ3v) is 2.71. The summed E-state index contributed by atoms with van der Waals surface area (Å²) < 4.78 is 7.62. The fraction of sp³-hybridized carbons (Fsp3) is 0.750. The smallest absolute Gasteiger partial charge is 0.108 e. The van der Waals surface area contributed by atoms with Crippen molar-refractivity contribution in [2.24, 2.45) is 7.05 Å². The molecule has 1 aromatic rings. The van der Waals surface area contributed by atoms with Crippen LogP contribution in [-0.2, 0) is 18.2 Å². The molecule has 0 saturated heterocycles. The first-order chi connectivity index (χ1) is 7.77. The van der Waals surface area contributed by atoms with Crippen LogP contribution in [0.3, 0.4) is 0 Å². The van der Waals surface area contributed by atoms with Gasteiger partial charge in [-0.25, -0.2) is 4.98 Å². The first-order valence-electron chi connectivity index (χ1n) is 5.99. The van der Waals surface area contributed by atoms with Gasteiger partial charge in [0, 0.05) is 38.5 Å². The molecule has 1 unspecified atom stereocenters.